The number of hydrogen-bond acceptors (Lipinski definition) is 1. The molecule has 0 aliphatic heterocycles. The molecule has 0 aromatic heterocycles. The second kappa shape index (κ2) is 3.47. The standard InChI is InChI=1S/C10H9F2N/c1-6-4-8(12)10(7(2)11)9(5-6)13-3/h4-5H,2-3H2,1H3. The van der Waals surface area contributed by atoms with E-state index in [9.17, 15) is 8.78 Å². The van der Waals surface area contributed by atoms with Gasteiger partial charge in [-0.25, -0.2) is 8.78 Å². The number of nitrogens with zero attached hydrogens (tertiary/aromatic N) is 1. The fraction of sp³-hybridized carbons (Fsp3) is 0.100. The van der Waals surface area contributed by atoms with Crippen LogP contribution in [-0.4, -0.2) is 6.72 Å². The Bertz CT molecular complexity index is 369. The predicted molar refractivity (Wildman–Crippen MR) is 50.5 cm³/mol. The van der Waals surface area contributed by atoms with Crippen LogP contribution < -0.4 is 0 Å². The van der Waals surface area contributed by atoms with Gasteiger partial charge in [0.2, 0.25) is 0 Å². The Labute approximate surface area is 75.4 Å². The molecule has 0 radical (unpaired) electrons. The second-order valence-electron chi connectivity index (χ2n) is 2.70. The van der Waals surface area contributed by atoms with Gasteiger partial charge in [0.15, 0.2) is 0 Å². The third kappa shape index (κ3) is 1.80. The summed E-state index contributed by atoms with van der Waals surface area (Å²) < 4.78 is 25.9. The number of aliphatic imine (C=N–C) groups is 1. The molecule has 0 N–H and O–H groups in total. The first kappa shape index (κ1) is 9.58. The van der Waals surface area contributed by atoms with E-state index in [0.29, 0.717) is 5.56 Å². The summed E-state index contributed by atoms with van der Waals surface area (Å²) in [6.07, 6.45) is 0. The van der Waals surface area contributed by atoms with E-state index in [-0.39, 0.29) is 11.3 Å². The first-order chi connectivity index (χ1) is 6.06. The Balaban J connectivity index is 3.47. The second-order valence-corrected chi connectivity index (χ2v) is 2.70. The number of aryl methyl sites for hydroxylation is 1. The lowest BCUT2D eigenvalue weighted by Crippen LogP contribution is -1.88. The topological polar surface area (TPSA) is 12.4 Å². The summed E-state index contributed by atoms with van der Waals surface area (Å²) in [7, 11) is 0. The Kier molecular flexibility index (Phi) is 2.56. The van der Waals surface area contributed by atoms with E-state index in [4.69, 9.17) is 0 Å². The van der Waals surface area contributed by atoms with Gasteiger partial charge in [0.1, 0.15) is 11.6 Å². The monoisotopic (exact) mass is 181 g/mol. The third-order valence-corrected chi connectivity index (χ3v) is 1.66. The highest BCUT2D eigenvalue weighted by Crippen LogP contribution is 2.29. The Morgan fingerprint density at radius 3 is 2.54 bits per heavy atom. The normalized spacial score (nSPS) is 9.77. The van der Waals surface area contributed by atoms with Crippen molar-refractivity contribution in [3.8, 4) is 0 Å². The van der Waals surface area contributed by atoms with Crippen LogP contribution >= 0.6 is 0 Å². The molecule has 0 bridgehead atoms. The maximum Gasteiger partial charge on any atom is 0.135 e. The number of halogens is 2. The minimum Gasteiger partial charge on any atom is -0.264 e. The van der Waals surface area contributed by atoms with E-state index < -0.39 is 11.6 Å². The summed E-state index contributed by atoms with van der Waals surface area (Å²) in [5.74, 6) is -1.49. The lowest BCUT2D eigenvalue weighted by molar-refractivity contribution is 0.614. The van der Waals surface area contributed by atoms with Crippen LogP contribution in [-0.2, 0) is 0 Å². The zero-order chi connectivity index (χ0) is 10.0. The Hall–Kier alpha value is -1.51. The van der Waals surface area contributed by atoms with Gasteiger partial charge in [0.25, 0.3) is 0 Å². The van der Waals surface area contributed by atoms with Gasteiger partial charge in [-0.1, -0.05) is 6.58 Å². The van der Waals surface area contributed by atoms with Gasteiger partial charge in [0.05, 0.1) is 11.3 Å². The first-order valence-electron chi connectivity index (χ1n) is 3.68. The van der Waals surface area contributed by atoms with Crippen molar-refractivity contribution < 1.29 is 8.78 Å². The molecule has 13 heavy (non-hydrogen) atoms. The van der Waals surface area contributed by atoms with E-state index in [0.717, 1.165) is 0 Å². The first-order valence-corrected chi connectivity index (χ1v) is 3.68. The van der Waals surface area contributed by atoms with Crippen LogP contribution in [0.5, 0.6) is 0 Å². The van der Waals surface area contributed by atoms with E-state index in [1.54, 1.807) is 13.0 Å². The molecule has 1 aromatic carbocycles. The molecule has 3 heteroatoms. The average Bonchev–Trinajstić information content (AvgIpc) is 2.01. The molecule has 68 valence electrons. The minimum absolute atomic E-state index is 0.185. The van der Waals surface area contributed by atoms with Crippen molar-refractivity contribution in [3.05, 3.63) is 35.7 Å². The van der Waals surface area contributed by atoms with E-state index >= 15 is 0 Å². The summed E-state index contributed by atoms with van der Waals surface area (Å²) in [6, 6.07) is 2.78. The van der Waals surface area contributed by atoms with Crippen LogP contribution in [0.3, 0.4) is 0 Å². The molecule has 0 fully saturated rings. The maximum atomic E-state index is 13.2. The molecule has 0 saturated carbocycles. The summed E-state index contributed by atoms with van der Waals surface area (Å²) in [6.45, 7) is 7.96. The van der Waals surface area contributed by atoms with E-state index in [1.165, 1.54) is 6.07 Å². The fourth-order valence-electron chi connectivity index (χ4n) is 1.12. The average molecular weight is 181 g/mol. The summed E-state index contributed by atoms with van der Waals surface area (Å²) in [5.41, 5.74) is 0.649. The molecule has 0 aliphatic carbocycles. The SMILES string of the molecule is C=Nc1cc(C)cc(F)c1C(=C)F. The number of rotatable bonds is 2. The molecular formula is C10H9F2N. The molecule has 1 rings (SSSR count). The largest absolute Gasteiger partial charge is 0.264 e. The fourth-order valence-corrected chi connectivity index (χ4v) is 1.12. The molecule has 1 aromatic rings. The summed E-state index contributed by atoms with van der Waals surface area (Å²) >= 11 is 0. The van der Waals surface area contributed by atoms with Gasteiger partial charge in [-0.15, -0.1) is 0 Å². The third-order valence-electron chi connectivity index (χ3n) is 1.66. The van der Waals surface area contributed by atoms with Gasteiger partial charge < -0.3 is 0 Å². The van der Waals surface area contributed by atoms with Gasteiger partial charge in [0, 0.05) is 0 Å². The van der Waals surface area contributed by atoms with E-state index in [2.05, 4.69) is 18.3 Å². The van der Waals surface area contributed by atoms with Crippen molar-refractivity contribution in [1.82, 2.24) is 0 Å². The lowest BCUT2D eigenvalue weighted by Gasteiger charge is -2.04. The molecule has 0 amide bonds. The minimum atomic E-state index is -0.833. The Morgan fingerprint density at radius 1 is 1.46 bits per heavy atom. The Morgan fingerprint density at radius 2 is 2.08 bits per heavy atom. The van der Waals surface area contributed by atoms with Crippen molar-refractivity contribution in [2.75, 3.05) is 0 Å². The van der Waals surface area contributed by atoms with Gasteiger partial charge in [-0.2, -0.15) is 0 Å². The summed E-state index contributed by atoms with van der Waals surface area (Å²) in [4.78, 5) is 3.52. The molecular weight excluding hydrogens is 172 g/mol. The number of benzene rings is 1. The number of hydrogen-bond donors (Lipinski definition) is 0. The molecule has 0 heterocycles. The van der Waals surface area contributed by atoms with Crippen molar-refractivity contribution in [2.45, 2.75) is 6.92 Å². The van der Waals surface area contributed by atoms with Crippen molar-refractivity contribution in [3.63, 3.8) is 0 Å². The zero-order valence-corrected chi connectivity index (χ0v) is 7.27. The van der Waals surface area contributed by atoms with Crippen LogP contribution in [0.15, 0.2) is 23.7 Å². The van der Waals surface area contributed by atoms with E-state index in [1.807, 2.05) is 0 Å². The van der Waals surface area contributed by atoms with Crippen molar-refractivity contribution in [2.24, 2.45) is 4.99 Å². The predicted octanol–water partition coefficient (Wildman–Crippen LogP) is 3.41. The quantitative estimate of drug-likeness (QED) is 0.620. The molecule has 0 unspecified atom stereocenters. The highest BCUT2D eigenvalue weighted by atomic mass is 19.1. The maximum absolute atomic E-state index is 13.2. The summed E-state index contributed by atoms with van der Waals surface area (Å²) in [5, 5.41) is 0. The zero-order valence-electron chi connectivity index (χ0n) is 7.27. The van der Waals surface area contributed by atoms with Gasteiger partial charge in [-0.05, 0) is 31.3 Å². The highest BCUT2D eigenvalue weighted by Gasteiger charge is 2.11. The molecule has 0 aliphatic rings. The van der Waals surface area contributed by atoms with Gasteiger partial charge in [-0.3, -0.25) is 4.99 Å². The van der Waals surface area contributed by atoms with Crippen LogP contribution in [0.1, 0.15) is 11.1 Å². The van der Waals surface area contributed by atoms with Crippen LogP contribution in [0, 0.1) is 12.7 Å². The smallest absolute Gasteiger partial charge is 0.135 e. The van der Waals surface area contributed by atoms with Crippen LogP contribution in [0.25, 0.3) is 5.83 Å². The molecule has 0 spiro atoms. The van der Waals surface area contributed by atoms with Gasteiger partial charge >= 0.3 is 0 Å². The molecule has 1 nitrogen and oxygen atoms in total. The molecule has 0 atom stereocenters. The highest BCUT2D eigenvalue weighted by molar-refractivity contribution is 5.71. The van der Waals surface area contributed by atoms with Crippen LogP contribution in [0.2, 0.25) is 0 Å². The molecule has 0 saturated heterocycles. The lowest BCUT2D eigenvalue weighted by atomic mass is 10.1. The van der Waals surface area contributed by atoms with Crippen molar-refractivity contribution in [1.29, 1.82) is 0 Å². The van der Waals surface area contributed by atoms with Crippen molar-refractivity contribution >= 4 is 18.2 Å². The van der Waals surface area contributed by atoms with Crippen LogP contribution in [0.4, 0.5) is 14.5 Å².